The number of guanidine groups is 2. The van der Waals surface area contributed by atoms with E-state index in [1.807, 2.05) is 0 Å². The van der Waals surface area contributed by atoms with Crippen LogP contribution in [-0.4, -0.2) is 95.1 Å². The predicted octanol–water partition coefficient (Wildman–Crippen LogP) is -8.58. The van der Waals surface area contributed by atoms with Crippen LogP contribution in [0.1, 0.15) is 6.42 Å². The number of aliphatic hydroxyl groups is 2. The Morgan fingerprint density at radius 3 is 2.53 bits per heavy atom. The number of ether oxygens (including phenoxy) is 1. The molecule has 1 spiro atoms. The first-order valence-electron chi connectivity index (χ1n) is 7.90. The lowest BCUT2D eigenvalue weighted by Gasteiger charge is -2.40. The van der Waals surface area contributed by atoms with E-state index in [-0.39, 0.29) is 5.96 Å². The van der Waals surface area contributed by atoms with Crippen LogP contribution in [0, 0.1) is 0 Å². The predicted molar refractivity (Wildman–Crippen MR) is 86.7 cm³/mol. The average Bonchev–Trinajstić information content (AvgIpc) is 2.96. The zero-order valence-corrected chi connectivity index (χ0v) is 16.3. The molecule has 18 nitrogen and oxygen atoms in total. The Kier molecular flexibility index (Phi) is 5.00. The third-order valence-corrected chi connectivity index (χ3v) is 5.52. The summed E-state index contributed by atoms with van der Waals surface area (Å²) in [5.41, 5.74) is 9.45. The Morgan fingerprint density at radius 1 is 1.33 bits per heavy atom. The molecule has 3 aliphatic rings. The van der Waals surface area contributed by atoms with Gasteiger partial charge in [0.15, 0.2) is 16.3 Å². The van der Waals surface area contributed by atoms with Crippen LogP contribution in [0.2, 0.25) is 0 Å². The van der Waals surface area contributed by atoms with E-state index >= 15 is 0 Å². The first-order valence-corrected chi connectivity index (χ1v) is 10.6. The fourth-order valence-electron chi connectivity index (χ4n) is 3.79. The summed E-state index contributed by atoms with van der Waals surface area (Å²) in [5.74, 6) is -3.46. The largest absolute Gasteiger partial charge is 0.731 e. The Labute approximate surface area is 168 Å². The van der Waals surface area contributed by atoms with Crippen LogP contribution in [0.5, 0.6) is 0 Å². The molecule has 1 fully saturated rings. The highest BCUT2D eigenvalue weighted by Crippen LogP contribution is 2.41. The minimum absolute atomic E-state index is 0.226. The minimum Gasteiger partial charge on any atom is -0.731 e. The second-order valence-electron chi connectivity index (χ2n) is 6.57. The molecule has 20 heteroatoms. The number of nitrogens with one attached hydrogen (secondary N) is 4. The van der Waals surface area contributed by atoms with Crippen molar-refractivity contribution in [2.75, 3.05) is 6.61 Å². The van der Waals surface area contributed by atoms with Crippen molar-refractivity contribution in [1.82, 2.24) is 15.4 Å². The van der Waals surface area contributed by atoms with Gasteiger partial charge in [-0.3, -0.25) is 21.8 Å². The molecule has 10 N–H and O–H groups in total. The van der Waals surface area contributed by atoms with Crippen molar-refractivity contribution in [2.45, 2.75) is 36.2 Å². The number of hydrogen-bond acceptors (Lipinski definition) is 15. The van der Waals surface area contributed by atoms with Gasteiger partial charge >= 0.3 is 18.0 Å². The van der Waals surface area contributed by atoms with Gasteiger partial charge in [-0.2, -0.15) is 4.58 Å². The van der Waals surface area contributed by atoms with E-state index in [4.69, 9.17) is 11.5 Å². The smallest absolute Gasteiger partial charge is 0.420 e. The Balaban J connectivity index is 1.96. The number of carbonyl (C=O) groups is 1. The van der Waals surface area contributed by atoms with Crippen molar-refractivity contribution in [3.05, 3.63) is 0 Å². The summed E-state index contributed by atoms with van der Waals surface area (Å²) in [6.45, 7) is -0.675. The lowest BCUT2D eigenvalue weighted by atomic mass is 9.87. The molecule has 0 unspecified atom stereocenters. The summed E-state index contributed by atoms with van der Waals surface area (Å²) >= 11 is 0. The standard InChI is InChI=1S/C10H17N7O11S2/c11-6-14-5-3(2-27-8(18)16-29(21,22)23)13-7(12)17-4(28-30(24,25)26)1-9(19,20)10(5,17)15-6/h3-5,19-20H,1-2H2,(H8,11,12,13,14,15,16,18,21,22,23,24,25,26)/t3-,4+,5-,10-/m0/s1. The van der Waals surface area contributed by atoms with Crippen molar-refractivity contribution in [1.29, 1.82) is 0 Å². The average molecular weight is 475 g/mol. The van der Waals surface area contributed by atoms with E-state index in [0.717, 1.165) is 9.30 Å². The zero-order valence-electron chi connectivity index (χ0n) is 14.6. The summed E-state index contributed by atoms with van der Waals surface area (Å²) in [4.78, 5) is 14.0. The third-order valence-electron chi connectivity index (χ3n) is 4.65. The summed E-state index contributed by atoms with van der Waals surface area (Å²) in [5, 5.41) is 26.3. The van der Waals surface area contributed by atoms with E-state index < -0.39 is 75.5 Å². The molecule has 4 atom stereocenters. The molecule has 1 saturated heterocycles. The van der Waals surface area contributed by atoms with Gasteiger partial charge in [-0.15, -0.1) is 0 Å². The maximum absolute atomic E-state index is 11.4. The summed E-state index contributed by atoms with van der Waals surface area (Å²) in [6.07, 6.45) is -4.21. The van der Waals surface area contributed by atoms with Gasteiger partial charge < -0.3 is 24.1 Å². The van der Waals surface area contributed by atoms with E-state index in [9.17, 15) is 40.9 Å². The van der Waals surface area contributed by atoms with Crippen LogP contribution in [-0.2, 0) is 29.6 Å². The van der Waals surface area contributed by atoms with Crippen LogP contribution in [0.15, 0.2) is 0 Å². The highest BCUT2D eigenvalue weighted by atomic mass is 32.3. The monoisotopic (exact) mass is 475 g/mol. The number of nitrogens with two attached hydrogens (primary N) is 2. The van der Waals surface area contributed by atoms with E-state index in [0.29, 0.717) is 0 Å². The highest BCUT2D eigenvalue weighted by Gasteiger charge is 2.77. The number of nitrogens with zero attached hydrogens (tertiary/aromatic N) is 1. The quantitative estimate of drug-likeness (QED) is 0.0792. The van der Waals surface area contributed by atoms with Crippen LogP contribution >= 0.6 is 0 Å². The van der Waals surface area contributed by atoms with E-state index in [1.165, 1.54) is 0 Å². The summed E-state index contributed by atoms with van der Waals surface area (Å²) in [6, 6.07) is -2.35. The fraction of sp³-hybridized carbons (Fsp3) is 0.700. The highest BCUT2D eigenvalue weighted by molar-refractivity contribution is 7.84. The van der Waals surface area contributed by atoms with Crippen molar-refractivity contribution < 1.29 is 59.4 Å². The summed E-state index contributed by atoms with van der Waals surface area (Å²) in [7, 11) is -10.4. The van der Waals surface area contributed by atoms with Gasteiger partial charge in [0, 0.05) is 0 Å². The van der Waals surface area contributed by atoms with Gasteiger partial charge in [0.2, 0.25) is 22.4 Å². The molecule has 0 saturated carbocycles. The SMILES string of the molecule is NC1=[NH+][C@H]2[C@H](COC(=O)NS(=O)(=O)[O-])NC(N)=[N+]3[C@H](OS(=O)(=O)[O-])CC(O)(O)[C@]23N1. The van der Waals surface area contributed by atoms with Crippen LogP contribution < -0.4 is 31.8 Å². The Morgan fingerprint density at radius 2 is 1.97 bits per heavy atom. The molecular formula is C10H17N7O11S2. The topological polar surface area (TPSA) is 295 Å². The van der Waals surface area contributed by atoms with Gasteiger partial charge in [0.05, 0.1) is 6.42 Å². The molecule has 0 aromatic rings. The van der Waals surface area contributed by atoms with Gasteiger partial charge in [0.1, 0.15) is 12.6 Å². The maximum Gasteiger partial charge on any atom is 0.420 e. The molecule has 0 radical (unpaired) electrons. The first-order chi connectivity index (χ1) is 13.6. The fourth-order valence-corrected chi connectivity index (χ4v) is 4.48. The van der Waals surface area contributed by atoms with Gasteiger partial charge in [-0.1, -0.05) is 0 Å². The third kappa shape index (κ3) is 3.80. The minimum atomic E-state index is -5.29. The molecular weight excluding hydrogens is 458 g/mol. The Bertz CT molecular complexity index is 1040. The van der Waals surface area contributed by atoms with E-state index in [1.54, 1.807) is 0 Å². The molecule has 0 bridgehead atoms. The van der Waals surface area contributed by atoms with Gasteiger partial charge in [0.25, 0.3) is 5.66 Å². The number of hydrogen-bond donors (Lipinski definition) is 8. The maximum atomic E-state index is 11.4. The number of amides is 1. The van der Waals surface area contributed by atoms with Gasteiger partial charge in [-0.05, 0) is 0 Å². The molecule has 3 aliphatic heterocycles. The molecule has 0 aliphatic carbocycles. The number of carbonyl (C=O) groups excluding carboxylic acids is 1. The second kappa shape index (κ2) is 6.76. The lowest BCUT2D eigenvalue weighted by molar-refractivity contribution is -0.708. The van der Waals surface area contributed by atoms with Crippen molar-refractivity contribution in [3.63, 3.8) is 0 Å². The van der Waals surface area contributed by atoms with Crippen molar-refractivity contribution >= 4 is 38.7 Å². The molecule has 3 heterocycles. The molecule has 3 rings (SSSR count). The molecule has 30 heavy (non-hydrogen) atoms. The molecule has 0 aromatic heterocycles. The van der Waals surface area contributed by atoms with Crippen molar-refractivity contribution in [2.24, 2.45) is 11.5 Å². The van der Waals surface area contributed by atoms with Crippen LogP contribution in [0.3, 0.4) is 0 Å². The normalized spacial score (nSPS) is 32.4. The zero-order chi connectivity index (χ0) is 22.7. The number of rotatable bonds is 5. The molecule has 0 aromatic carbocycles. The first kappa shape index (κ1) is 22.2. The van der Waals surface area contributed by atoms with Gasteiger partial charge in [-0.25, -0.2) is 35.9 Å². The van der Waals surface area contributed by atoms with Crippen molar-refractivity contribution in [3.8, 4) is 0 Å². The van der Waals surface area contributed by atoms with E-state index in [2.05, 4.69) is 24.5 Å². The van der Waals surface area contributed by atoms with Crippen LogP contribution in [0.25, 0.3) is 0 Å². The molecule has 1 amide bonds. The molecule has 170 valence electrons. The second-order valence-corrected chi connectivity index (χ2v) is 8.69. The Hall–Kier alpha value is -2.49. The van der Waals surface area contributed by atoms with Crippen LogP contribution in [0.4, 0.5) is 4.79 Å². The lowest BCUT2D eigenvalue weighted by Crippen LogP contribution is -2.91. The summed E-state index contributed by atoms with van der Waals surface area (Å²) < 4.78 is 75.6.